The molecule has 0 saturated carbocycles. The quantitative estimate of drug-likeness (QED) is 0.215. The number of hydrogen-bond donors (Lipinski definition) is 3. The van der Waals surface area contributed by atoms with Gasteiger partial charge in [0.2, 0.25) is 17.7 Å². The number of nitrogens with one attached hydrogen (secondary N) is 2. The number of para-hydroxylation sites is 1. The summed E-state index contributed by atoms with van der Waals surface area (Å²) in [7, 11) is 0. The second-order valence-electron chi connectivity index (χ2n) is 12.0. The third-order valence-electron chi connectivity index (χ3n) is 8.38. The summed E-state index contributed by atoms with van der Waals surface area (Å²) in [5.41, 5.74) is 0.272. The summed E-state index contributed by atoms with van der Waals surface area (Å²) in [5.74, 6) is -3.78. The van der Waals surface area contributed by atoms with Crippen molar-refractivity contribution in [1.29, 1.82) is 0 Å². The van der Waals surface area contributed by atoms with Crippen LogP contribution in [0.5, 0.6) is 5.88 Å². The van der Waals surface area contributed by atoms with Crippen molar-refractivity contribution in [2.75, 3.05) is 52.5 Å². The van der Waals surface area contributed by atoms with Gasteiger partial charge in [0.1, 0.15) is 12.1 Å². The van der Waals surface area contributed by atoms with Crippen LogP contribution in [0.25, 0.3) is 5.69 Å². The molecular weight excluding hydrogens is 676 g/mol. The number of carbonyl (C=O) groups is 6. The molecule has 16 nitrogen and oxygen atoms in total. The lowest BCUT2D eigenvalue weighted by Gasteiger charge is -2.36. The minimum atomic E-state index is -2.74. The van der Waals surface area contributed by atoms with E-state index in [1.54, 1.807) is 30.3 Å². The van der Waals surface area contributed by atoms with Crippen LogP contribution < -0.4 is 15.4 Å². The molecule has 0 aliphatic carbocycles. The first-order chi connectivity index (χ1) is 24.5. The van der Waals surface area contributed by atoms with E-state index in [2.05, 4.69) is 15.7 Å². The Kier molecular flexibility index (Phi) is 14.1. The van der Waals surface area contributed by atoms with E-state index in [1.807, 2.05) is 6.92 Å². The molecule has 1 aromatic carbocycles. The molecule has 278 valence electrons. The first-order valence-corrected chi connectivity index (χ1v) is 16.8. The largest absolute Gasteiger partial charge is 0.481 e. The number of aromatic nitrogens is 2. The van der Waals surface area contributed by atoms with Gasteiger partial charge in [-0.15, -0.1) is 0 Å². The molecule has 51 heavy (non-hydrogen) atoms. The van der Waals surface area contributed by atoms with Crippen molar-refractivity contribution in [3.8, 4) is 11.6 Å². The Morgan fingerprint density at radius 3 is 2.39 bits per heavy atom. The Bertz CT molecular complexity index is 1530. The van der Waals surface area contributed by atoms with Crippen molar-refractivity contribution in [3.63, 3.8) is 0 Å². The van der Waals surface area contributed by atoms with E-state index in [-0.39, 0.29) is 50.7 Å². The molecule has 3 heterocycles. The molecule has 3 N–H and O–H groups in total. The monoisotopic (exact) mass is 719 g/mol. The number of halogens is 2. The Morgan fingerprint density at radius 1 is 1.02 bits per heavy atom. The summed E-state index contributed by atoms with van der Waals surface area (Å²) in [6.45, 7) is 1.83. The third-order valence-corrected chi connectivity index (χ3v) is 8.38. The maximum absolute atomic E-state index is 13.5. The Morgan fingerprint density at radius 2 is 1.73 bits per heavy atom. The number of carboxylic acid groups (broad SMARTS) is 1. The average Bonchev–Trinajstić information content (AvgIpc) is 3.80. The average molecular weight is 720 g/mol. The zero-order chi connectivity index (χ0) is 36.9. The molecule has 0 bridgehead atoms. The van der Waals surface area contributed by atoms with Gasteiger partial charge in [-0.05, 0) is 37.8 Å². The van der Waals surface area contributed by atoms with Gasteiger partial charge in [0.25, 0.3) is 18.2 Å². The highest BCUT2D eigenvalue weighted by molar-refractivity contribution is 5.96. The fourth-order valence-corrected chi connectivity index (χ4v) is 5.67. The van der Waals surface area contributed by atoms with Crippen molar-refractivity contribution in [2.24, 2.45) is 0 Å². The number of likely N-dealkylation sites (tertiary alicyclic amines) is 1. The van der Waals surface area contributed by atoms with Gasteiger partial charge in [-0.25, -0.2) is 18.3 Å². The number of unbranched alkanes of at least 4 members (excludes halogenated alkanes) is 1. The Balaban J connectivity index is 1.45. The zero-order valence-electron chi connectivity index (χ0n) is 28.3. The fourth-order valence-electron chi connectivity index (χ4n) is 5.67. The van der Waals surface area contributed by atoms with Gasteiger partial charge < -0.3 is 39.9 Å². The van der Waals surface area contributed by atoms with Gasteiger partial charge in [0.05, 0.1) is 18.8 Å². The molecule has 5 amide bonds. The van der Waals surface area contributed by atoms with E-state index >= 15 is 0 Å². The maximum atomic E-state index is 13.5. The molecule has 0 spiro atoms. The van der Waals surface area contributed by atoms with Crippen molar-refractivity contribution in [2.45, 2.75) is 64.0 Å². The number of nitrogens with zero attached hydrogens (tertiary/aromatic N) is 5. The number of alkyl halides is 2. The lowest BCUT2D eigenvalue weighted by Crippen LogP contribution is -2.56. The molecule has 2 aliphatic heterocycles. The van der Waals surface area contributed by atoms with E-state index in [0.29, 0.717) is 25.1 Å². The van der Waals surface area contributed by atoms with Crippen molar-refractivity contribution in [3.05, 3.63) is 42.1 Å². The van der Waals surface area contributed by atoms with Crippen LogP contribution >= 0.6 is 0 Å². The molecular formula is C33H43F2N7O9. The van der Waals surface area contributed by atoms with E-state index in [1.165, 1.54) is 25.4 Å². The van der Waals surface area contributed by atoms with Crippen LogP contribution in [-0.4, -0.2) is 136 Å². The molecule has 1 aromatic heterocycles. The van der Waals surface area contributed by atoms with Gasteiger partial charge in [0, 0.05) is 45.2 Å². The van der Waals surface area contributed by atoms with Crippen molar-refractivity contribution in [1.82, 2.24) is 35.1 Å². The third kappa shape index (κ3) is 10.8. The number of carbonyl (C=O) groups excluding carboxylic acids is 5. The van der Waals surface area contributed by atoms with Crippen molar-refractivity contribution >= 4 is 35.7 Å². The van der Waals surface area contributed by atoms with E-state index < -0.39 is 73.8 Å². The lowest BCUT2D eigenvalue weighted by atomic mass is 10.1. The number of aliphatic carboxylic acids is 1. The molecule has 2 aromatic rings. The molecule has 4 rings (SSSR count). The minimum absolute atomic E-state index is 0.0204. The highest BCUT2D eigenvalue weighted by Crippen LogP contribution is 2.22. The molecule has 2 fully saturated rings. The van der Waals surface area contributed by atoms with Gasteiger partial charge >= 0.3 is 12.1 Å². The van der Waals surface area contributed by atoms with Crippen LogP contribution in [-0.2, 0) is 23.9 Å². The SMILES string of the molecule is CCCCOC(=O)N1CCN(C(=O)[C@H](CCC(=O)O)NC(=O)c2cc(OCC(=O)N3CCC[C@H]3C(=O)NCC(F)F)n(-c3ccccc3)n2)CC1. The lowest BCUT2D eigenvalue weighted by molar-refractivity contribution is -0.140. The number of carboxylic acids is 1. The van der Waals surface area contributed by atoms with Gasteiger partial charge in [-0.1, -0.05) is 31.5 Å². The molecule has 0 radical (unpaired) electrons. The predicted molar refractivity (Wildman–Crippen MR) is 175 cm³/mol. The minimum Gasteiger partial charge on any atom is -0.481 e. The van der Waals surface area contributed by atoms with Crippen molar-refractivity contribution < 1.29 is 52.1 Å². The summed E-state index contributed by atoms with van der Waals surface area (Å²) in [4.78, 5) is 80.6. The molecule has 18 heteroatoms. The molecule has 0 unspecified atom stereocenters. The number of rotatable bonds is 16. The van der Waals surface area contributed by atoms with E-state index in [4.69, 9.17) is 9.47 Å². The topological polar surface area (TPSA) is 193 Å². The maximum Gasteiger partial charge on any atom is 0.409 e. The highest BCUT2D eigenvalue weighted by Gasteiger charge is 2.35. The van der Waals surface area contributed by atoms with Crippen LogP contribution in [0, 0.1) is 0 Å². The van der Waals surface area contributed by atoms with Gasteiger partial charge in [0.15, 0.2) is 12.3 Å². The van der Waals surface area contributed by atoms with Crippen LogP contribution in [0.3, 0.4) is 0 Å². The molecule has 2 aliphatic rings. The summed E-state index contributed by atoms with van der Waals surface area (Å²) in [6.07, 6.45) is -1.43. The first kappa shape index (κ1) is 38.5. The predicted octanol–water partition coefficient (Wildman–Crippen LogP) is 1.67. The van der Waals surface area contributed by atoms with E-state index in [0.717, 1.165) is 12.8 Å². The number of hydrogen-bond acceptors (Lipinski definition) is 9. The number of ether oxygens (including phenoxy) is 2. The summed E-state index contributed by atoms with van der Waals surface area (Å²) >= 11 is 0. The smallest absolute Gasteiger partial charge is 0.409 e. The zero-order valence-corrected chi connectivity index (χ0v) is 28.3. The van der Waals surface area contributed by atoms with Crippen LogP contribution in [0.1, 0.15) is 55.9 Å². The summed E-state index contributed by atoms with van der Waals surface area (Å²) < 4.78 is 37.5. The Hall–Kier alpha value is -5.29. The second-order valence-corrected chi connectivity index (χ2v) is 12.0. The van der Waals surface area contributed by atoms with Crippen LogP contribution in [0.2, 0.25) is 0 Å². The standard InChI is InChI=1S/C33H43F2N7O9/c1-2-3-18-50-33(49)40-16-14-39(15-17-40)32(48)23(11-12-29(44)45)37-30(46)24-19-28(42(38-24)22-8-5-4-6-9-22)51-21-27(43)41-13-7-10-25(41)31(47)36-20-26(34)35/h4-6,8-9,19,23,25-26H,2-3,7,10-18,20-21H2,1H3,(H,36,47)(H,37,46)(H,44,45)/t23-,25-/m0/s1. The molecule has 2 atom stereocenters. The second kappa shape index (κ2) is 18.6. The van der Waals surface area contributed by atoms with Gasteiger partial charge in [-0.2, -0.15) is 5.10 Å². The highest BCUT2D eigenvalue weighted by atomic mass is 19.3. The van der Waals surface area contributed by atoms with E-state index in [9.17, 15) is 42.7 Å². The van der Waals surface area contributed by atoms with Crippen LogP contribution in [0.15, 0.2) is 36.4 Å². The summed E-state index contributed by atoms with van der Waals surface area (Å²) in [6, 6.07) is 7.63. The number of amides is 5. The summed E-state index contributed by atoms with van der Waals surface area (Å²) in [5, 5.41) is 18.4. The first-order valence-electron chi connectivity index (χ1n) is 16.8. The van der Waals surface area contributed by atoms with Crippen LogP contribution in [0.4, 0.5) is 13.6 Å². The fraction of sp³-hybridized carbons (Fsp3) is 0.545. The Labute approximate surface area is 293 Å². The molecule has 2 saturated heterocycles. The number of benzene rings is 1. The number of piperazine rings is 1. The van der Waals surface area contributed by atoms with Gasteiger partial charge in [-0.3, -0.25) is 24.0 Å². The normalized spacial score (nSPS) is 16.5.